The van der Waals surface area contributed by atoms with Gasteiger partial charge in [-0.05, 0) is 43.3 Å². The predicted molar refractivity (Wildman–Crippen MR) is 105 cm³/mol. The van der Waals surface area contributed by atoms with Gasteiger partial charge in [0.15, 0.2) is 0 Å². The zero-order valence-electron chi connectivity index (χ0n) is 15.0. The third-order valence-electron chi connectivity index (χ3n) is 3.95. The lowest BCUT2D eigenvalue weighted by Crippen LogP contribution is -2.26. The van der Waals surface area contributed by atoms with E-state index in [9.17, 15) is 9.59 Å². The number of hydrogen-bond donors (Lipinski definition) is 3. The van der Waals surface area contributed by atoms with Gasteiger partial charge in [-0.25, -0.2) is 0 Å². The monoisotopic (exact) mass is 363 g/mol. The van der Waals surface area contributed by atoms with Crippen molar-refractivity contribution < 1.29 is 14.0 Å². The van der Waals surface area contributed by atoms with Gasteiger partial charge in [-0.3, -0.25) is 9.59 Å². The molecular formula is C21H21N3O3. The molecule has 0 aliphatic heterocycles. The lowest BCUT2D eigenvalue weighted by Gasteiger charge is -2.12. The molecule has 0 fully saturated rings. The van der Waals surface area contributed by atoms with E-state index in [1.54, 1.807) is 36.6 Å². The summed E-state index contributed by atoms with van der Waals surface area (Å²) in [6.45, 7) is 2.34. The van der Waals surface area contributed by atoms with Crippen molar-refractivity contribution in [1.29, 1.82) is 0 Å². The van der Waals surface area contributed by atoms with Gasteiger partial charge in [-0.2, -0.15) is 0 Å². The van der Waals surface area contributed by atoms with Crippen LogP contribution in [-0.2, 0) is 11.3 Å². The summed E-state index contributed by atoms with van der Waals surface area (Å²) >= 11 is 0. The third-order valence-corrected chi connectivity index (χ3v) is 3.95. The lowest BCUT2D eigenvalue weighted by atomic mass is 10.1. The molecule has 0 saturated carbocycles. The molecule has 2 aromatic carbocycles. The molecule has 6 heteroatoms. The summed E-state index contributed by atoms with van der Waals surface area (Å²) in [5.74, 6) is 0.240. The van der Waals surface area contributed by atoms with Crippen LogP contribution in [0, 0.1) is 6.92 Å². The van der Waals surface area contributed by atoms with Crippen LogP contribution >= 0.6 is 0 Å². The van der Waals surface area contributed by atoms with Gasteiger partial charge in [-0.15, -0.1) is 0 Å². The number of amides is 2. The summed E-state index contributed by atoms with van der Waals surface area (Å²) in [5, 5.41) is 8.64. The van der Waals surface area contributed by atoms with Gasteiger partial charge in [0.1, 0.15) is 5.76 Å². The normalized spacial score (nSPS) is 10.3. The van der Waals surface area contributed by atoms with E-state index < -0.39 is 0 Å². The van der Waals surface area contributed by atoms with Crippen molar-refractivity contribution in [1.82, 2.24) is 5.32 Å². The third kappa shape index (κ3) is 5.22. The van der Waals surface area contributed by atoms with Crippen molar-refractivity contribution in [3.05, 3.63) is 83.8 Å². The van der Waals surface area contributed by atoms with E-state index >= 15 is 0 Å². The van der Waals surface area contributed by atoms with Crippen LogP contribution < -0.4 is 16.0 Å². The second kappa shape index (κ2) is 8.71. The average molecular weight is 363 g/mol. The van der Waals surface area contributed by atoms with Crippen molar-refractivity contribution in [2.75, 3.05) is 17.2 Å². The number of nitrogens with one attached hydrogen (secondary N) is 3. The van der Waals surface area contributed by atoms with E-state index in [1.165, 1.54) is 0 Å². The number of rotatable bonds is 7. The van der Waals surface area contributed by atoms with Crippen LogP contribution in [0.3, 0.4) is 0 Å². The van der Waals surface area contributed by atoms with E-state index in [4.69, 9.17) is 4.42 Å². The van der Waals surface area contributed by atoms with Crippen molar-refractivity contribution >= 4 is 23.2 Å². The first kappa shape index (κ1) is 18.3. The second-order valence-electron chi connectivity index (χ2n) is 6.08. The van der Waals surface area contributed by atoms with E-state index in [-0.39, 0.29) is 18.4 Å². The highest BCUT2D eigenvalue weighted by Crippen LogP contribution is 2.15. The van der Waals surface area contributed by atoms with Crippen LogP contribution in [0.2, 0.25) is 0 Å². The number of carbonyl (C=O) groups is 2. The van der Waals surface area contributed by atoms with Crippen molar-refractivity contribution in [3.8, 4) is 0 Å². The fourth-order valence-electron chi connectivity index (χ4n) is 2.53. The highest BCUT2D eigenvalue weighted by molar-refractivity contribution is 6.00. The smallest absolute Gasteiger partial charge is 0.253 e. The Hall–Kier alpha value is -3.54. The molecule has 1 aromatic heterocycles. The van der Waals surface area contributed by atoms with Crippen LogP contribution in [0.4, 0.5) is 11.4 Å². The first-order chi connectivity index (χ1) is 13.1. The molecule has 0 unspecified atom stereocenters. The molecule has 2 amide bonds. The quantitative estimate of drug-likeness (QED) is 0.599. The molecule has 27 heavy (non-hydrogen) atoms. The molecule has 0 aliphatic carbocycles. The fraction of sp³-hybridized carbons (Fsp3) is 0.143. The summed E-state index contributed by atoms with van der Waals surface area (Å²) < 4.78 is 5.21. The Morgan fingerprint density at radius 1 is 0.963 bits per heavy atom. The molecule has 6 nitrogen and oxygen atoms in total. The van der Waals surface area contributed by atoms with Crippen molar-refractivity contribution in [2.45, 2.75) is 13.5 Å². The molecule has 138 valence electrons. The van der Waals surface area contributed by atoms with E-state index in [2.05, 4.69) is 16.0 Å². The molecule has 3 N–H and O–H groups in total. The second-order valence-corrected chi connectivity index (χ2v) is 6.08. The Labute approximate surface area is 157 Å². The van der Waals surface area contributed by atoms with Crippen LogP contribution in [-0.4, -0.2) is 18.4 Å². The van der Waals surface area contributed by atoms with Gasteiger partial charge < -0.3 is 20.4 Å². The van der Waals surface area contributed by atoms with Gasteiger partial charge in [0, 0.05) is 11.4 Å². The van der Waals surface area contributed by atoms with Crippen LogP contribution in [0.1, 0.15) is 21.7 Å². The number of carbonyl (C=O) groups excluding carboxylic acids is 2. The molecule has 3 rings (SSSR count). The van der Waals surface area contributed by atoms with Crippen LogP contribution in [0.15, 0.2) is 71.3 Å². The Bertz CT molecular complexity index is 903. The molecule has 0 aliphatic rings. The Morgan fingerprint density at radius 3 is 2.48 bits per heavy atom. The summed E-state index contributed by atoms with van der Waals surface area (Å²) in [4.78, 5) is 24.6. The van der Waals surface area contributed by atoms with Gasteiger partial charge in [0.25, 0.3) is 5.91 Å². The minimum absolute atomic E-state index is 0.0519. The largest absolute Gasteiger partial charge is 0.467 e. The van der Waals surface area contributed by atoms with E-state index in [1.807, 2.05) is 37.3 Å². The molecule has 0 bridgehead atoms. The summed E-state index contributed by atoms with van der Waals surface area (Å²) in [7, 11) is 0. The first-order valence-corrected chi connectivity index (χ1v) is 8.62. The van der Waals surface area contributed by atoms with Crippen molar-refractivity contribution in [3.63, 3.8) is 0 Å². The van der Waals surface area contributed by atoms with Crippen LogP contribution in [0.25, 0.3) is 0 Å². The first-order valence-electron chi connectivity index (χ1n) is 8.62. The van der Waals surface area contributed by atoms with Gasteiger partial charge in [0.05, 0.1) is 24.9 Å². The zero-order valence-corrected chi connectivity index (χ0v) is 15.0. The number of anilines is 2. The molecule has 3 aromatic rings. The summed E-state index contributed by atoms with van der Waals surface area (Å²) in [5.41, 5.74) is 2.91. The Kier molecular flexibility index (Phi) is 5.89. The van der Waals surface area contributed by atoms with Gasteiger partial charge in [0.2, 0.25) is 5.91 Å². The maximum Gasteiger partial charge on any atom is 0.253 e. The van der Waals surface area contributed by atoms with Crippen molar-refractivity contribution in [2.24, 2.45) is 0 Å². The number of furan rings is 1. The zero-order chi connectivity index (χ0) is 19.1. The fourth-order valence-corrected chi connectivity index (χ4v) is 2.53. The van der Waals surface area contributed by atoms with Gasteiger partial charge in [-0.1, -0.05) is 29.8 Å². The summed E-state index contributed by atoms with van der Waals surface area (Å²) in [6, 6.07) is 18.2. The highest BCUT2D eigenvalue weighted by Gasteiger charge is 2.12. The predicted octanol–water partition coefficient (Wildman–Crippen LogP) is 3.57. The highest BCUT2D eigenvalue weighted by atomic mass is 16.3. The lowest BCUT2D eigenvalue weighted by molar-refractivity contribution is -0.114. The standard InChI is InChI=1S/C21H21N3O3/c1-15-8-10-16(11-9-15)24-20(25)14-22-19-7-3-2-6-18(19)21(26)23-13-17-5-4-12-27-17/h2-12,22H,13-14H2,1H3,(H,23,26)(H,24,25). The number of para-hydroxylation sites is 1. The van der Waals surface area contributed by atoms with E-state index in [0.717, 1.165) is 11.3 Å². The maximum atomic E-state index is 12.4. The molecule has 0 atom stereocenters. The Balaban J connectivity index is 1.57. The SMILES string of the molecule is Cc1ccc(NC(=O)CNc2ccccc2C(=O)NCc2ccco2)cc1. The molecule has 0 saturated heterocycles. The molecule has 0 spiro atoms. The number of benzene rings is 2. The topological polar surface area (TPSA) is 83.4 Å². The maximum absolute atomic E-state index is 12.4. The molecular weight excluding hydrogens is 342 g/mol. The number of aryl methyl sites for hydroxylation is 1. The van der Waals surface area contributed by atoms with E-state index in [0.29, 0.717) is 23.6 Å². The van der Waals surface area contributed by atoms with Gasteiger partial charge >= 0.3 is 0 Å². The minimum Gasteiger partial charge on any atom is -0.467 e. The summed E-state index contributed by atoms with van der Waals surface area (Å²) in [6.07, 6.45) is 1.56. The molecule has 0 radical (unpaired) electrons. The van der Waals surface area contributed by atoms with Crippen LogP contribution in [0.5, 0.6) is 0 Å². The Morgan fingerprint density at radius 2 is 1.74 bits per heavy atom. The number of hydrogen-bond acceptors (Lipinski definition) is 4. The average Bonchev–Trinajstić information content (AvgIpc) is 3.20. The minimum atomic E-state index is -0.242. The molecule has 1 heterocycles.